The molecule has 1 aromatic rings. The third-order valence-corrected chi connectivity index (χ3v) is 1.29. The summed E-state index contributed by atoms with van der Waals surface area (Å²) in [6.45, 7) is 6.25. The van der Waals surface area contributed by atoms with Crippen LogP contribution in [0.15, 0.2) is 12.4 Å². The Morgan fingerprint density at radius 2 is 1.83 bits per heavy atom. The predicted molar refractivity (Wildman–Crippen MR) is 56.1 cm³/mol. The van der Waals surface area contributed by atoms with Crippen LogP contribution in [0.25, 0.3) is 0 Å². The van der Waals surface area contributed by atoms with Gasteiger partial charge in [-0.3, -0.25) is 4.68 Å². The molecular weight excluding hydrogens is 197 g/mol. The molecule has 0 fully saturated rings. The van der Waals surface area contributed by atoms with Gasteiger partial charge in [0.15, 0.2) is 0 Å². The molecule has 0 atom stereocenters. The summed E-state index contributed by atoms with van der Waals surface area (Å²) < 4.78 is 1.85. The van der Waals surface area contributed by atoms with Gasteiger partial charge in [0.1, 0.15) is 0 Å². The Morgan fingerprint density at radius 3 is 2.00 bits per heavy atom. The molecule has 0 aliphatic heterocycles. The average Bonchev–Trinajstić information content (AvgIpc) is 2.11. The molecule has 0 saturated carbocycles. The van der Waals surface area contributed by atoms with Gasteiger partial charge in [-0.15, -0.1) is 24.8 Å². The Kier molecular flexibility index (Phi) is 5.39. The van der Waals surface area contributed by atoms with Gasteiger partial charge in [-0.25, -0.2) is 0 Å². The molecule has 0 aliphatic carbocycles. The molecule has 0 saturated heterocycles. The highest BCUT2D eigenvalue weighted by Gasteiger charge is 2.12. The van der Waals surface area contributed by atoms with Gasteiger partial charge < -0.3 is 5.73 Å². The van der Waals surface area contributed by atoms with Gasteiger partial charge in [-0.1, -0.05) is 0 Å². The molecule has 0 bridgehead atoms. The molecule has 3 nitrogen and oxygen atoms in total. The first-order valence-electron chi connectivity index (χ1n) is 3.31. The summed E-state index contributed by atoms with van der Waals surface area (Å²) in [5, 5.41) is 4.08. The van der Waals surface area contributed by atoms with Gasteiger partial charge in [0.05, 0.1) is 17.4 Å². The standard InChI is InChI=1S/C7H13N3.2ClH/c1-7(2,3)10-5-6(8)4-9-10;;/h4-5H,8H2,1-3H3;2*1H. The van der Waals surface area contributed by atoms with Gasteiger partial charge in [0.2, 0.25) is 0 Å². The molecule has 1 heterocycles. The number of hydrogen-bond donors (Lipinski definition) is 1. The highest BCUT2D eigenvalue weighted by atomic mass is 35.5. The van der Waals surface area contributed by atoms with Crippen molar-refractivity contribution in [3.8, 4) is 0 Å². The van der Waals surface area contributed by atoms with Crippen molar-refractivity contribution in [3.05, 3.63) is 12.4 Å². The molecule has 0 spiro atoms. The molecular formula is C7H15Cl2N3. The van der Waals surface area contributed by atoms with Crippen molar-refractivity contribution in [1.29, 1.82) is 0 Å². The van der Waals surface area contributed by atoms with Crippen LogP contribution in [0.5, 0.6) is 0 Å². The van der Waals surface area contributed by atoms with E-state index in [4.69, 9.17) is 5.73 Å². The number of rotatable bonds is 0. The quantitative estimate of drug-likeness (QED) is 0.715. The van der Waals surface area contributed by atoms with Crippen LogP contribution in [0, 0.1) is 0 Å². The first kappa shape index (κ1) is 14.1. The van der Waals surface area contributed by atoms with Crippen molar-refractivity contribution in [1.82, 2.24) is 9.78 Å². The number of nitrogens with zero attached hydrogens (tertiary/aromatic N) is 2. The van der Waals surface area contributed by atoms with E-state index in [2.05, 4.69) is 25.9 Å². The van der Waals surface area contributed by atoms with E-state index in [0.29, 0.717) is 0 Å². The SMILES string of the molecule is CC(C)(C)n1cc(N)cn1.Cl.Cl. The molecule has 0 unspecified atom stereocenters. The summed E-state index contributed by atoms with van der Waals surface area (Å²) in [6, 6.07) is 0. The Labute approximate surface area is 85.1 Å². The minimum atomic E-state index is 0. The van der Waals surface area contributed by atoms with Crippen LogP contribution < -0.4 is 5.73 Å². The summed E-state index contributed by atoms with van der Waals surface area (Å²) in [5.41, 5.74) is 6.25. The number of anilines is 1. The fourth-order valence-electron chi connectivity index (χ4n) is 0.704. The zero-order valence-corrected chi connectivity index (χ0v) is 9.08. The Balaban J connectivity index is 0. The second-order valence-electron chi connectivity index (χ2n) is 3.39. The summed E-state index contributed by atoms with van der Waals surface area (Å²) in [7, 11) is 0. The topological polar surface area (TPSA) is 43.8 Å². The fraction of sp³-hybridized carbons (Fsp3) is 0.571. The minimum Gasteiger partial charge on any atom is -0.396 e. The van der Waals surface area contributed by atoms with Gasteiger partial charge in [-0.2, -0.15) is 5.10 Å². The Morgan fingerprint density at radius 1 is 1.33 bits per heavy atom. The summed E-state index contributed by atoms with van der Waals surface area (Å²) in [5.74, 6) is 0. The van der Waals surface area contributed by atoms with Crippen molar-refractivity contribution in [2.75, 3.05) is 5.73 Å². The Hall–Kier alpha value is -0.410. The number of hydrogen-bond acceptors (Lipinski definition) is 2. The van der Waals surface area contributed by atoms with Crippen LogP contribution in [0.3, 0.4) is 0 Å². The molecule has 0 radical (unpaired) electrons. The van der Waals surface area contributed by atoms with E-state index in [-0.39, 0.29) is 30.4 Å². The number of halogens is 2. The summed E-state index contributed by atoms with van der Waals surface area (Å²) in [4.78, 5) is 0. The van der Waals surface area contributed by atoms with E-state index in [1.807, 2.05) is 10.9 Å². The second kappa shape index (κ2) is 4.58. The lowest BCUT2D eigenvalue weighted by atomic mass is 10.1. The second-order valence-corrected chi connectivity index (χ2v) is 3.39. The van der Waals surface area contributed by atoms with Crippen LogP contribution in [0.4, 0.5) is 5.69 Å². The van der Waals surface area contributed by atoms with Gasteiger partial charge in [-0.05, 0) is 20.8 Å². The minimum absolute atomic E-state index is 0. The fourth-order valence-corrected chi connectivity index (χ4v) is 0.704. The van der Waals surface area contributed by atoms with E-state index < -0.39 is 0 Å². The molecule has 12 heavy (non-hydrogen) atoms. The lowest BCUT2D eigenvalue weighted by molar-refractivity contribution is 0.355. The number of aromatic nitrogens is 2. The predicted octanol–water partition coefficient (Wildman–Crippen LogP) is 2.06. The maximum atomic E-state index is 5.49. The molecule has 0 aromatic carbocycles. The van der Waals surface area contributed by atoms with E-state index in [1.165, 1.54) is 0 Å². The van der Waals surface area contributed by atoms with Crippen molar-refractivity contribution >= 4 is 30.5 Å². The van der Waals surface area contributed by atoms with E-state index >= 15 is 0 Å². The van der Waals surface area contributed by atoms with Crippen LogP contribution >= 0.6 is 24.8 Å². The molecule has 5 heteroatoms. The molecule has 2 N–H and O–H groups in total. The van der Waals surface area contributed by atoms with Crippen LogP contribution in [-0.4, -0.2) is 9.78 Å². The van der Waals surface area contributed by atoms with Crippen molar-refractivity contribution in [2.45, 2.75) is 26.3 Å². The Bertz CT molecular complexity index is 227. The maximum absolute atomic E-state index is 5.49. The molecule has 1 rings (SSSR count). The van der Waals surface area contributed by atoms with Gasteiger partial charge in [0, 0.05) is 6.20 Å². The van der Waals surface area contributed by atoms with Crippen molar-refractivity contribution < 1.29 is 0 Å². The number of nitrogen functional groups attached to an aromatic ring is 1. The largest absolute Gasteiger partial charge is 0.396 e. The van der Waals surface area contributed by atoms with Crippen molar-refractivity contribution in [2.24, 2.45) is 0 Å². The third kappa shape index (κ3) is 3.32. The normalized spacial score (nSPS) is 9.92. The van der Waals surface area contributed by atoms with E-state index in [9.17, 15) is 0 Å². The van der Waals surface area contributed by atoms with Gasteiger partial charge >= 0.3 is 0 Å². The van der Waals surface area contributed by atoms with Gasteiger partial charge in [0.25, 0.3) is 0 Å². The average molecular weight is 212 g/mol. The highest BCUT2D eigenvalue weighted by molar-refractivity contribution is 5.85. The van der Waals surface area contributed by atoms with Crippen LogP contribution in [0.2, 0.25) is 0 Å². The smallest absolute Gasteiger partial charge is 0.0720 e. The number of nitrogens with two attached hydrogens (primary N) is 1. The zero-order valence-electron chi connectivity index (χ0n) is 7.44. The zero-order chi connectivity index (χ0) is 7.78. The van der Waals surface area contributed by atoms with E-state index in [0.717, 1.165) is 5.69 Å². The molecule has 0 aliphatic rings. The first-order valence-corrected chi connectivity index (χ1v) is 3.31. The lowest BCUT2D eigenvalue weighted by Gasteiger charge is -2.18. The monoisotopic (exact) mass is 211 g/mol. The highest BCUT2D eigenvalue weighted by Crippen LogP contribution is 2.13. The first-order chi connectivity index (χ1) is 4.50. The van der Waals surface area contributed by atoms with Crippen molar-refractivity contribution in [3.63, 3.8) is 0 Å². The molecule has 72 valence electrons. The van der Waals surface area contributed by atoms with Crippen LogP contribution in [-0.2, 0) is 5.54 Å². The maximum Gasteiger partial charge on any atom is 0.0720 e. The van der Waals surface area contributed by atoms with E-state index in [1.54, 1.807) is 6.20 Å². The molecule has 0 amide bonds. The third-order valence-electron chi connectivity index (χ3n) is 1.29. The van der Waals surface area contributed by atoms with Crippen LogP contribution in [0.1, 0.15) is 20.8 Å². The lowest BCUT2D eigenvalue weighted by Crippen LogP contribution is -2.21. The summed E-state index contributed by atoms with van der Waals surface area (Å²) >= 11 is 0. The summed E-state index contributed by atoms with van der Waals surface area (Å²) in [6.07, 6.45) is 3.49. The molecule has 1 aromatic heterocycles.